The van der Waals surface area contributed by atoms with Crippen LogP contribution in [0.25, 0.3) is 101 Å². The lowest BCUT2D eigenvalue weighted by Gasteiger charge is -2.46. The predicted octanol–water partition coefficient (Wildman–Crippen LogP) is 15.6. The van der Waals surface area contributed by atoms with E-state index in [1.807, 2.05) is 60.7 Å². The van der Waals surface area contributed by atoms with Crippen LogP contribution >= 0.6 is 0 Å². The molecule has 71 heavy (non-hydrogen) atoms. The number of para-hydroxylation sites is 1. The molecule has 0 amide bonds. The van der Waals surface area contributed by atoms with Gasteiger partial charge in [0.15, 0.2) is 28.9 Å². The fourth-order valence-corrected chi connectivity index (χ4v) is 11.6. The van der Waals surface area contributed by atoms with Crippen molar-refractivity contribution in [3.63, 3.8) is 0 Å². The summed E-state index contributed by atoms with van der Waals surface area (Å²) in [7, 11) is 0. The number of benzene rings is 9. The van der Waals surface area contributed by atoms with Crippen molar-refractivity contribution in [1.82, 2.24) is 24.9 Å². The summed E-state index contributed by atoms with van der Waals surface area (Å²) in [6, 6.07) is 79.1. The van der Waals surface area contributed by atoms with Gasteiger partial charge < -0.3 is 4.42 Å². The molecule has 334 valence electrons. The standard InChI is InChI=1S/C65H43N5O/c1-64(2)50-27-13-15-29-52(50)65(53-30-16-14-28-51(53)64)49-38-37-45(62-66-57(59-58(67-62)46-25-12-17-32-55(46)71-59)42-35-33-41(34-36-42)40-19-6-3-7-20-40)39-48(49)56-47(26-18-31-54(56)65)63-69-60(43-21-8-4-9-22-43)68-61(70-63)44-23-10-5-11-24-44/h3-39H,1-2H3. The monoisotopic (exact) mass is 909 g/mol. The predicted molar refractivity (Wildman–Crippen MR) is 285 cm³/mol. The fourth-order valence-electron chi connectivity index (χ4n) is 11.6. The van der Waals surface area contributed by atoms with Crippen LogP contribution in [0, 0.1) is 0 Å². The minimum absolute atomic E-state index is 0.255. The molecule has 0 unspecified atom stereocenters. The van der Waals surface area contributed by atoms with E-state index in [0.29, 0.717) is 28.9 Å². The molecule has 0 N–H and O–H groups in total. The molecule has 3 aromatic heterocycles. The van der Waals surface area contributed by atoms with E-state index in [2.05, 4.69) is 178 Å². The van der Waals surface area contributed by atoms with Gasteiger partial charge in [0.05, 0.1) is 5.41 Å². The van der Waals surface area contributed by atoms with Gasteiger partial charge in [0.25, 0.3) is 0 Å². The Bertz CT molecular complexity index is 3960. The summed E-state index contributed by atoms with van der Waals surface area (Å²) in [5.41, 5.74) is 18.5. The maximum atomic E-state index is 6.63. The van der Waals surface area contributed by atoms with Gasteiger partial charge in [0, 0.05) is 38.6 Å². The molecule has 2 aliphatic carbocycles. The second-order valence-corrected chi connectivity index (χ2v) is 19.1. The van der Waals surface area contributed by atoms with Crippen LogP contribution in [-0.2, 0) is 10.8 Å². The van der Waals surface area contributed by atoms with E-state index in [1.165, 1.54) is 33.4 Å². The largest absolute Gasteiger partial charge is 0.452 e. The molecule has 9 aromatic carbocycles. The van der Waals surface area contributed by atoms with Gasteiger partial charge in [0.2, 0.25) is 0 Å². The van der Waals surface area contributed by atoms with Gasteiger partial charge in [-0.2, -0.15) is 0 Å². The normalized spacial score (nSPS) is 13.7. The van der Waals surface area contributed by atoms with Gasteiger partial charge >= 0.3 is 0 Å². The molecule has 0 fully saturated rings. The summed E-state index contributed by atoms with van der Waals surface area (Å²) in [6.45, 7) is 4.71. The molecule has 6 nitrogen and oxygen atoms in total. The highest BCUT2D eigenvalue weighted by atomic mass is 16.3. The lowest BCUT2D eigenvalue weighted by atomic mass is 9.55. The van der Waals surface area contributed by atoms with Gasteiger partial charge in [0.1, 0.15) is 16.8 Å². The van der Waals surface area contributed by atoms with Crippen LogP contribution in [0.3, 0.4) is 0 Å². The zero-order valence-corrected chi connectivity index (χ0v) is 39.0. The Morgan fingerprint density at radius 3 is 1.48 bits per heavy atom. The van der Waals surface area contributed by atoms with Gasteiger partial charge in [-0.15, -0.1) is 0 Å². The third-order valence-corrected chi connectivity index (χ3v) is 14.9. The molecule has 0 saturated carbocycles. The van der Waals surface area contributed by atoms with Crippen molar-refractivity contribution in [2.24, 2.45) is 0 Å². The summed E-state index contributed by atoms with van der Waals surface area (Å²) >= 11 is 0. The molecule has 1 spiro atoms. The van der Waals surface area contributed by atoms with Gasteiger partial charge in [-0.1, -0.05) is 220 Å². The highest BCUT2D eigenvalue weighted by Crippen LogP contribution is 2.63. The van der Waals surface area contributed by atoms with Crippen molar-refractivity contribution in [2.75, 3.05) is 0 Å². The lowest BCUT2D eigenvalue weighted by Crippen LogP contribution is -2.40. The molecule has 0 bridgehead atoms. The Hall–Kier alpha value is -9.13. The number of hydrogen-bond acceptors (Lipinski definition) is 6. The number of hydrogen-bond donors (Lipinski definition) is 0. The molecule has 0 aliphatic heterocycles. The molecule has 3 heterocycles. The third kappa shape index (κ3) is 6.17. The quantitative estimate of drug-likeness (QED) is 0.165. The van der Waals surface area contributed by atoms with Crippen LogP contribution in [0.15, 0.2) is 229 Å². The van der Waals surface area contributed by atoms with E-state index >= 15 is 0 Å². The van der Waals surface area contributed by atoms with E-state index in [4.69, 9.17) is 29.3 Å². The Morgan fingerprint density at radius 2 is 0.831 bits per heavy atom. The summed E-state index contributed by atoms with van der Waals surface area (Å²) < 4.78 is 6.63. The second kappa shape index (κ2) is 15.7. The second-order valence-electron chi connectivity index (χ2n) is 19.1. The summed E-state index contributed by atoms with van der Waals surface area (Å²) in [4.78, 5) is 26.6. The molecule has 14 rings (SSSR count). The van der Waals surface area contributed by atoms with Gasteiger partial charge in [-0.25, -0.2) is 24.9 Å². The maximum Gasteiger partial charge on any atom is 0.180 e. The van der Waals surface area contributed by atoms with E-state index in [-0.39, 0.29) is 5.41 Å². The average molecular weight is 910 g/mol. The molecule has 6 heteroatoms. The molecular formula is C65H43N5O. The van der Waals surface area contributed by atoms with Crippen molar-refractivity contribution in [3.05, 3.63) is 258 Å². The number of rotatable bonds is 6. The van der Waals surface area contributed by atoms with Crippen LogP contribution in [0.2, 0.25) is 0 Å². The van der Waals surface area contributed by atoms with E-state index in [0.717, 1.165) is 72.3 Å². The minimum Gasteiger partial charge on any atom is -0.452 e. The number of fused-ring (bicyclic) bond motifs is 12. The topological polar surface area (TPSA) is 77.6 Å². The average Bonchev–Trinajstić information content (AvgIpc) is 3.97. The molecule has 0 atom stereocenters. The van der Waals surface area contributed by atoms with Crippen LogP contribution in [-0.4, -0.2) is 24.9 Å². The van der Waals surface area contributed by atoms with E-state index in [9.17, 15) is 0 Å². The molecule has 2 aliphatic rings. The molecule has 12 aromatic rings. The van der Waals surface area contributed by atoms with Gasteiger partial charge in [-0.3, -0.25) is 0 Å². The SMILES string of the molecule is CC1(C)c2ccccc2C2(c3ccc(-c4nc(-c5ccc(-c6ccccc6)cc5)c5oc6ccccc6c5n4)cc3-c3c(-c4nc(-c5ccccc5)nc(-c5ccccc5)n4)cccc32)c2ccccc21. The van der Waals surface area contributed by atoms with Gasteiger partial charge in [-0.05, 0) is 73.8 Å². The Kier molecular flexibility index (Phi) is 9.05. The minimum atomic E-state index is -0.670. The van der Waals surface area contributed by atoms with Crippen LogP contribution in [0.1, 0.15) is 47.2 Å². The zero-order valence-electron chi connectivity index (χ0n) is 39.0. The van der Waals surface area contributed by atoms with Crippen LogP contribution in [0.5, 0.6) is 0 Å². The first-order valence-corrected chi connectivity index (χ1v) is 24.2. The van der Waals surface area contributed by atoms with Crippen molar-refractivity contribution in [1.29, 1.82) is 0 Å². The number of nitrogens with zero attached hydrogens (tertiary/aromatic N) is 5. The van der Waals surface area contributed by atoms with Crippen molar-refractivity contribution in [3.8, 4) is 79.1 Å². The van der Waals surface area contributed by atoms with E-state index < -0.39 is 5.41 Å². The van der Waals surface area contributed by atoms with Crippen LogP contribution in [0.4, 0.5) is 0 Å². The summed E-state index contributed by atoms with van der Waals surface area (Å²) in [5, 5.41) is 0.942. The highest BCUT2D eigenvalue weighted by Gasteiger charge is 2.54. The van der Waals surface area contributed by atoms with Crippen molar-refractivity contribution >= 4 is 22.1 Å². The van der Waals surface area contributed by atoms with Crippen molar-refractivity contribution < 1.29 is 4.42 Å². The molecule has 0 radical (unpaired) electrons. The Labute approximate surface area is 411 Å². The Balaban J connectivity index is 1.05. The first-order chi connectivity index (χ1) is 34.9. The number of aromatic nitrogens is 5. The maximum absolute atomic E-state index is 6.63. The first-order valence-electron chi connectivity index (χ1n) is 24.2. The summed E-state index contributed by atoms with van der Waals surface area (Å²) in [5.74, 6) is 2.44. The zero-order chi connectivity index (χ0) is 47.3. The molecule has 0 saturated heterocycles. The highest BCUT2D eigenvalue weighted by molar-refractivity contribution is 6.07. The third-order valence-electron chi connectivity index (χ3n) is 14.9. The van der Waals surface area contributed by atoms with Crippen LogP contribution < -0.4 is 0 Å². The summed E-state index contributed by atoms with van der Waals surface area (Å²) in [6.07, 6.45) is 0. The number of furan rings is 1. The van der Waals surface area contributed by atoms with Crippen molar-refractivity contribution in [2.45, 2.75) is 24.7 Å². The molecular weight excluding hydrogens is 867 g/mol. The Morgan fingerprint density at radius 1 is 0.338 bits per heavy atom. The van der Waals surface area contributed by atoms with E-state index in [1.54, 1.807) is 0 Å². The fraction of sp³-hybridized carbons (Fsp3) is 0.0615. The first kappa shape index (κ1) is 40.9. The smallest absolute Gasteiger partial charge is 0.180 e. The lowest BCUT2D eigenvalue weighted by molar-refractivity contribution is 0.563.